The van der Waals surface area contributed by atoms with Gasteiger partial charge in [0.05, 0.1) is 10.7 Å². The molecule has 0 heterocycles. The van der Waals surface area contributed by atoms with E-state index in [-0.39, 0.29) is 0 Å². The van der Waals surface area contributed by atoms with Crippen molar-refractivity contribution in [1.82, 2.24) is 0 Å². The molecule has 1 aliphatic carbocycles. The molecule has 3 heteroatoms. The van der Waals surface area contributed by atoms with Crippen molar-refractivity contribution < 1.29 is 0 Å². The van der Waals surface area contributed by atoms with Gasteiger partial charge < -0.3 is 4.90 Å². The first-order valence-corrected chi connectivity index (χ1v) is 7.28. The molecule has 0 unspecified atom stereocenters. The molecule has 1 aliphatic rings. The predicted octanol–water partition coefficient (Wildman–Crippen LogP) is 4.85. The number of hydrogen-bond donors (Lipinski definition) is 0. The Morgan fingerprint density at radius 3 is 2.65 bits per heavy atom. The Hall–Kier alpha value is -0.400. The van der Waals surface area contributed by atoms with E-state index in [0.717, 1.165) is 17.1 Å². The van der Waals surface area contributed by atoms with Crippen molar-refractivity contribution in [3.05, 3.63) is 28.8 Å². The fourth-order valence-corrected chi connectivity index (χ4v) is 2.56. The normalized spacial score (nSPS) is 15.0. The van der Waals surface area contributed by atoms with Gasteiger partial charge in [0.2, 0.25) is 0 Å². The minimum Gasteiger partial charge on any atom is -0.367 e. The van der Waals surface area contributed by atoms with E-state index in [9.17, 15) is 0 Å². The summed E-state index contributed by atoms with van der Waals surface area (Å²) in [5, 5.41) is 0.839. The SMILES string of the molecule is CCCCN(c1ccc(CCl)cc1Cl)C1CC1. The number of halogens is 2. The van der Waals surface area contributed by atoms with E-state index < -0.39 is 0 Å². The van der Waals surface area contributed by atoms with Crippen LogP contribution in [0, 0.1) is 0 Å². The van der Waals surface area contributed by atoms with Crippen LogP contribution in [0.4, 0.5) is 5.69 Å². The van der Waals surface area contributed by atoms with Crippen LogP contribution in [0.15, 0.2) is 18.2 Å². The highest BCUT2D eigenvalue weighted by Gasteiger charge is 2.29. The second kappa shape index (κ2) is 5.97. The third kappa shape index (κ3) is 3.29. The smallest absolute Gasteiger partial charge is 0.0642 e. The molecule has 0 spiro atoms. The van der Waals surface area contributed by atoms with E-state index in [4.69, 9.17) is 23.2 Å². The molecule has 94 valence electrons. The summed E-state index contributed by atoms with van der Waals surface area (Å²) in [5.74, 6) is 0.526. The first kappa shape index (κ1) is 13.0. The predicted molar refractivity (Wildman–Crippen MR) is 76.3 cm³/mol. The fraction of sp³-hybridized carbons (Fsp3) is 0.571. The summed E-state index contributed by atoms with van der Waals surface area (Å²) in [7, 11) is 0. The molecule has 0 N–H and O–H groups in total. The summed E-state index contributed by atoms with van der Waals surface area (Å²) in [6.45, 7) is 3.34. The van der Waals surface area contributed by atoms with Crippen molar-refractivity contribution in [1.29, 1.82) is 0 Å². The summed E-state index contributed by atoms with van der Waals surface area (Å²) in [5.41, 5.74) is 2.27. The van der Waals surface area contributed by atoms with Gasteiger partial charge in [0, 0.05) is 18.5 Å². The highest BCUT2D eigenvalue weighted by molar-refractivity contribution is 6.33. The molecule has 0 saturated heterocycles. The minimum absolute atomic E-state index is 0.526. The zero-order valence-electron chi connectivity index (χ0n) is 10.3. The lowest BCUT2D eigenvalue weighted by Gasteiger charge is -2.25. The molecule has 1 nitrogen and oxygen atoms in total. The summed E-state index contributed by atoms with van der Waals surface area (Å²) in [6, 6.07) is 6.90. The molecule has 0 atom stereocenters. The van der Waals surface area contributed by atoms with Crippen molar-refractivity contribution in [3.8, 4) is 0 Å². The highest BCUT2D eigenvalue weighted by atomic mass is 35.5. The zero-order chi connectivity index (χ0) is 12.3. The second-order valence-electron chi connectivity index (χ2n) is 4.70. The van der Waals surface area contributed by atoms with Crippen LogP contribution >= 0.6 is 23.2 Å². The quantitative estimate of drug-likeness (QED) is 0.669. The van der Waals surface area contributed by atoms with Gasteiger partial charge in [0.15, 0.2) is 0 Å². The minimum atomic E-state index is 0.526. The average molecular weight is 272 g/mol. The van der Waals surface area contributed by atoms with Crippen LogP contribution in [0.25, 0.3) is 0 Å². The average Bonchev–Trinajstić information content (AvgIpc) is 3.15. The van der Waals surface area contributed by atoms with Gasteiger partial charge >= 0.3 is 0 Å². The number of anilines is 1. The van der Waals surface area contributed by atoms with Crippen molar-refractivity contribution in [2.24, 2.45) is 0 Å². The van der Waals surface area contributed by atoms with Gasteiger partial charge in [-0.2, -0.15) is 0 Å². The van der Waals surface area contributed by atoms with Gasteiger partial charge in [-0.05, 0) is 37.0 Å². The molecule has 1 aromatic carbocycles. The summed E-state index contributed by atoms with van der Waals surface area (Å²) < 4.78 is 0. The molecule has 0 radical (unpaired) electrons. The number of rotatable bonds is 6. The Balaban J connectivity index is 2.16. The maximum absolute atomic E-state index is 6.35. The second-order valence-corrected chi connectivity index (χ2v) is 5.37. The maximum atomic E-state index is 6.35. The number of hydrogen-bond acceptors (Lipinski definition) is 1. The van der Waals surface area contributed by atoms with Crippen molar-refractivity contribution in [2.45, 2.75) is 44.5 Å². The standard InChI is InChI=1S/C14H19Cl2N/c1-2-3-8-17(12-5-6-12)14-7-4-11(10-15)9-13(14)16/h4,7,9,12H,2-3,5-6,8,10H2,1H3. The fourth-order valence-electron chi connectivity index (χ4n) is 2.08. The Morgan fingerprint density at radius 2 is 2.12 bits per heavy atom. The van der Waals surface area contributed by atoms with Crippen LogP contribution < -0.4 is 4.90 Å². The van der Waals surface area contributed by atoms with Gasteiger partial charge in [0.25, 0.3) is 0 Å². The summed E-state index contributed by atoms with van der Waals surface area (Å²) in [6.07, 6.45) is 5.05. The Kier molecular flexibility index (Phi) is 4.58. The summed E-state index contributed by atoms with van der Waals surface area (Å²) in [4.78, 5) is 2.46. The molecule has 1 aromatic rings. The van der Waals surface area contributed by atoms with Crippen LogP contribution in [0.1, 0.15) is 38.2 Å². The van der Waals surface area contributed by atoms with Crippen LogP contribution in [-0.4, -0.2) is 12.6 Å². The molecule has 0 bridgehead atoms. The Labute approximate surface area is 114 Å². The van der Waals surface area contributed by atoms with E-state index in [1.165, 1.54) is 31.4 Å². The molecule has 1 fully saturated rings. The lowest BCUT2D eigenvalue weighted by atomic mass is 10.2. The first-order chi connectivity index (χ1) is 8.26. The first-order valence-electron chi connectivity index (χ1n) is 6.37. The molecule has 0 aromatic heterocycles. The van der Waals surface area contributed by atoms with Gasteiger partial charge in [-0.3, -0.25) is 0 Å². The Bertz CT molecular complexity index is 374. The molecular weight excluding hydrogens is 253 g/mol. The van der Waals surface area contributed by atoms with Crippen molar-refractivity contribution in [3.63, 3.8) is 0 Å². The number of alkyl halides is 1. The van der Waals surface area contributed by atoms with Crippen LogP contribution in [0.2, 0.25) is 5.02 Å². The topological polar surface area (TPSA) is 3.24 Å². The third-order valence-electron chi connectivity index (χ3n) is 3.22. The highest BCUT2D eigenvalue weighted by Crippen LogP contribution is 2.36. The van der Waals surface area contributed by atoms with Crippen LogP contribution in [0.5, 0.6) is 0 Å². The van der Waals surface area contributed by atoms with Gasteiger partial charge in [-0.1, -0.05) is 31.0 Å². The molecule has 17 heavy (non-hydrogen) atoms. The number of benzene rings is 1. The van der Waals surface area contributed by atoms with E-state index in [2.05, 4.69) is 24.0 Å². The molecular formula is C14H19Cl2N. The van der Waals surface area contributed by atoms with Gasteiger partial charge in [-0.15, -0.1) is 11.6 Å². The molecule has 0 amide bonds. The lowest BCUT2D eigenvalue weighted by Crippen LogP contribution is -2.27. The summed E-state index contributed by atoms with van der Waals surface area (Å²) >= 11 is 12.2. The lowest BCUT2D eigenvalue weighted by molar-refractivity contribution is 0.713. The number of unbranched alkanes of at least 4 members (excludes halogenated alkanes) is 1. The molecule has 0 aliphatic heterocycles. The van der Waals surface area contributed by atoms with Gasteiger partial charge in [0.1, 0.15) is 0 Å². The monoisotopic (exact) mass is 271 g/mol. The van der Waals surface area contributed by atoms with E-state index in [1.54, 1.807) is 0 Å². The number of nitrogens with zero attached hydrogens (tertiary/aromatic N) is 1. The van der Waals surface area contributed by atoms with E-state index in [0.29, 0.717) is 11.9 Å². The maximum Gasteiger partial charge on any atom is 0.0642 e. The third-order valence-corrected chi connectivity index (χ3v) is 3.83. The van der Waals surface area contributed by atoms with Crippen LogP contribution in [0.3, 0.4) is 0 Å². The molecule has 1 saturated carbocycles. The van der Waals surface area contributed by atoms with E-state index in [1.807, 2.05) is 6.07 Å². The Morgan fingerprint density at radius 1 is 1.35 bits per heavy atom. The zero-order valence-corrected chi connectivity index (χ0v) is 11.8. The van der Waals surface area contributed by atoms with Crippen LogP contribution in [-0.2, 0) is 5.88 Å². The van der Waals surface area contributed by atoms with Gasteiger partial charge in [-0.25, -0.2) is 0 Å². The van der Waals surface area contributed by atoms with E-state index >= 15 is 0 Å². The van der Waals surface area contributed by atoms with Crippen molar-refractivity contribution in [2.75, 3.05) is 11.4 Å². The largest absolute Gasteiger partial charge is 0.367 e. The van der Waals surface area contributed by atoms with Crippen molar-refractivity contribution >= 4 is 28.9 Å². The molecule has 2 rings (SSSR count).